The fourth-order valence-electron chi connectivity index (χ4n) is 2.34. The number of nitrogens with zero attached hydrogens (tertiary/aromatic N) is 2. The number of aromatic carboxylic acids is 1. The van der Waals surface area contributed by atoms with Gasteiger partial charge in [0, 0.05) is 17.1 Å². The summed E-state index contributed by atoms with van der Waals surface area (Å²) in [4.78, 5) is 15.7. The summed E-state index contributed by atoms with van der Waals surface area (Å²) in [6.45, 7) is 2.27. The quantitative estimate of drug-likeness (QED) is 0.803. The number of benzene rings is 1. The van der Waals surface area contributed by atoms with Crippen LogP contribution in [0.1, 0.15) is 21.7 Å². The standard InChI is InChI=1S/C16H13FN2O2/c1-10-2-4-13(18-8-10)9-19-14-5-3-12(17)6-11(14)7-15(19)16(20)21/h2-8H,9H2,1H3,(H,20,21). The van der Waals surface area contributed by atoms with Crippen molar-refractivity contribution in [2.45, 2.75) is 13.5 Å². The number of pyridine rings is 1. The molecular formula is C16H13FN2O2. The van der Waals surface area contributed by atoms with Crippen LogP contribution in [0.25, 0.3) is 10.9 Å². The van der Waals surface area contributed by atoms with Gasteiger partial charge in [-0.05, 0) is 42.8 Å². The van der Waals surface area contributed by atoms with Crippen molar-refractivity contribution in [3.63, 3.8) is 0 Å². The Bertz CT molecular complexity index is 822. The number of hydrogen-bond donors (Lipinski definition) is 1. The summed E-state index contributed by atoms with van der Waals surface area (Å²) in [7, 11) is 0. The Labute approximate surface area is 120 Å². The highest BCUT2D eigenvalue weighted by Gasteiger charge is 2.15. The van der Waals surface area contributed by atoms with Crippen molar-refractivity contribution in [2.24, 2.45) is 0 Å². The number of halogens is 1. The van der Waals surface area contributed by atoms with Crippen molar-refractivity contribution in [3.8, 4) is 0 Å². The number of hydrogen-bond acceptors (Lipinski definition) is 2. The van der Waals surface area contributed by atoms with Crippen LogP contribution in [0.2, 0.25) is 0 Å². The monoisotopic (exact) mass is 284 g/mol. The molecule has 0 aliphatic rings. The predicted molar refractivity (Wildman–Crippen MR) is 76.9 cm³/mol. The lowest BCUT2D eigenvalue weighted by Gasteiger charge is -2.08. The molecule has 0 atom stereocenters. The molecule has 0 fully saturated rings. The lowest BCUT2D eigenvalue weighted by atomic mass is 10.2. The second-order valence-corrected chi connectivity index (χ2v) is 4.95. The van der Waals surface area contributed by atoms with Crippen molar-refractivity contribution < 1.29 is 14.3 Å². The van der Waals surface area contributed by atoms with Crippen molar-refractivity contribution in [2.75, 3.05) is 0 Å². The lowest BCUT2D eigenvalue weighted by molar-refractivity contribution is 0.0686. The molecular weight excluding hydrogens is 271 g/mol. The van der Waals surface area contributed by atoms with E-state index in [-0.39, 0.29) is 11.5 Å². The normalized spacial score (nSPS) is 11.0. The van der Waals surface area contributed by atoms with Crippen molar-refractivity contribution >= 4 is 16.9 Å². The fourth-order valence-corrected chi connectivity index (χ4v) is 2.34. The molecule has 0 radical (unpaired) electrons. The lowest BCUT2D eigenvalue weighted by Crippen LogP contribution is -2.10. The highest BCUT2D eigenvalue weighted by atomic mass is 19.1. The summed E-state index contributed by atoms with van der Waals surface area (Å²) in [6.07, 6.45) is 1.74. The van der Waals surface area contributed by atoms with Gasteiger partial charge < -0.3 is 9.67 Å². The van der Waals surface area contributed by atoms with Crippen LogP contribution >= 0.6 is 0 Å². The first-order valence-corrected chi connectivity index (χ1v) is 6.48. The van der Waals surface area contributed by atoms with Gasteiger partial charge in [-0.2, -0.15) is 0 Å². The molecule has 0 saturated carbocycles. The second-order valence-electron chi connectivity index (χ2n) is 4.95. The van der Waals surface area contributed by atoms with Gasteiger partial charge in [0.25, 0.3) is 0 Å². The first kappa shape index (κ1) is 13.3. The predicted octanol–water partition coefficient (Wildman–Crippen LogP) is 3.23. The van der Waals surface area contributed by atoms with E-state index in [4.69, 9.17) is 0 Å². The number of carboxylic acids is 1. The molecule has 2 heterocycles. The summed E-state index contributed by atoms with van der Waals surface area (Å²) >= 11 is 0. The minimum absolute atomic E-state index is 0.123. The summed E-state index contributed by atoms with van der Waals surface area (Å²) in [6, 6.07) is 9.51. The Morgan fingerprint density at radius 1 is 1.29 bits per heavy atom. The Kier molecular flexibility index (Phi) is 3.17. The molecule has 1 N–H and O–H groups in total. The Morgan fingerprint density at radius 2 is 2.10 bits per heavy atom. The van der Waals surface area contributed by atoms with E-state index in [2.05, 4.69) is 4.98 Å². The van der Waals surface area contributed by atoms with E-state index in [1.165, 1.54) is 18.2 Å². The first-order chi connectivity index (χ1) is 10.0. The number of carboxylic acid groups (broad SMARTS) is 1. The molecule has 1 aromatic carbocycles. The van der Waals surface area contributed by atoms with Crippen LogP contribution in [0.4, 0.5) is 4.39 Å². The minimum atomic E-state index is -1.04. The number of aryl methyl sites for hydroxylation is 1. The highest BCUT2D eigenvalue weighted by Crippen LogP contribution is 2.22. The first-order valence-electron chi connectivity index (χ1n) is 6.48. The largest absolute Gasteiger partial charge is 0.477 e. The topological polar surface area (TPSA) is 55.1 Å². The Balaban J connectivity index is 2.13. The van der Waals surface area contributed by atoms with E-state index in [1.54, 1.807) is 16.8 Å². The zero-order chi connectivity index (χ0) is 15.0. The fraction of sp³-hybridized carbons (Fsp3) is 0.125. The van der Waals surface area contributed by atoms with Crippen LogP contribution in [-0.4, -0.2) is 20.6 Å². The third kappa shape index (κ3) is 2.50. The molecule has 21 heavy (non-hydrogen) atoms. The molecule has 3 aromatic rings. The summed E-state index contributed by atoms with van der Waals surface area (Å²) in [5.41, 5.74) is 2.59. The van der Waals surface area contributed by atoms with E-state index in [9.17, 15) is 14.3 Å². The van der Waals surface area contributed by atoms with Crippen molar-refractivity contribution in [1.29, 1.82) is 0 Å². The van der Waals surface area contributed by atoms with Crippen molar-refractivity contribution in [1.82, 2.24) is 9.55 Å². The molecule has 0 bridgehead atoms. The van der Waals surface area contributed by atoms with Crippen molar-refractivity contribution in [3.05, 3.63) is 65.4 Å². The molecule has 2 aromatic heterocycles. The van der Waals surface area contributed by atoms with Gasteiger partial charge in [0.2, 0.25) is 0 Å². The maximum atomic E-state index is 13.3. The third-order valence-electron chi connectivity index (χ3n) is 3.38. The second kappa shape index (κ2) is 5.01. The van der Waals surface area contributed by atoms with Gasteiger partial charge >= 0.3 is 5.97 Å². The van der Waals surface area contributed by atoms with Crippen LogP contribution in [-0.2, 0) is 6.54 Å². The van der Waals surface area contributed by atoms with E-state index >= 15 is 0 Å². The average molecular weight is 284 g/mol. The van der Waals surface area contributed by atoms with Gasteiger partial charge in [0.15, 0.2) is 0 Å². The molecule has 4 nitrogen and oxygen atoms in total. The van der Waals surface area contributed by atoms with Gasteiger partial charge in [-0.1, -0.05) is 6.07 Å². The Hall–Kier alpha value is -2.69. The molecule has 0 spiro atoms. The van der Waals surface area contributed by atoms with E-state index < -0.39 is 5.97 Å². The molecule has 0 aliphatic carbocycles. The van der Waals surface area contributed by atoms with Gasteiger partial charge in [-0.15, -0.1) is 0 Å². The maximum absolute atomic E-state index is 13.3. The van der Waals surface area contributed by atoms with E-state index in [1.807, 2.05) is 19.1 Å². The molecule has 106 valence electrons. The SMILES string of the molecule is Cc1ccc(Cn2c(C(=O)O)cc3cc(F)ccc32)nc1. The van der Waals surface area contributed by atoms with Crippen LogP contribution in [0.15, 0.2) is 42.6 Å². The van der Waals surface area contributed by atoms with Crippen LogP contribution in [0.3, 0.4) is 0 Å². The summed E-state index contributed by atoms with van der Waals surface area (Å²) < 4.78 is 14.9. The number of fused-ring (bicyclic) bond motifs is 1. The van der Waals surface area contributed by atoms with E-state index in [0.717, 1.165) is 11.3 Å². The van der Waals surface area contributed by atoms with Gasteiger partial charge in [0.05, 0.1) is 12.2 Å². The van der Waals surface area contributed by atoms with Gasteiger partial charge in [0.1, 0.15) is 11.5 Å². The maximum Gasteiger partial charge on any atom is 0.352 e. The highest BCUT2D eigenvalue weighted by molar-refractivity contribution is 5.94. The zero-order valence-corrected chi connectivity index (χ0v) is 11.4. The number of carbonyl (C=O) groups is 1. The molecule has 0 unspecified atom stereocenters. The summed E-state index contributed by atoms with van der Waals surface area (Å²) in [5.74, 6) is -1.43. The average Bonchev–Trinajstić information content (AvgIpc) is 2.79. The molecule has 0 amide bonds. The van der Waals surface area contributed by atoms with Crippen LogP contribution < -0.4 is 0 Å². The minimum Gasteiger partial charge on any atom is -0.477 e. The number of aromatic nitrogens is 2. The van der Waals surface area contributed by atoms with E-state index in [0.29, 0.717) is 17.4 Å². The smallest absolute Gasteiger partial charge is 0.352 e. The zero-order valence-electron chi connectivity index (χ0n) is 11.4. The van der Waals surface area contributed by atoms with Crippen LogP contribution in [0, 0.1) is 12.7 Å². The molecule has 0 aliphatic heterocycles. The van der Waals surface area contributed by atoms with Gasteiger partial charge in [-0.3, -0.25) is 4.98 Å². The third-order valence-corrected chi connectivity index (χ3v) is 3.38. The molecule has 3 rings (SSSR count). The molecule has 5 heteroatoms. The summed E-state index contributed by atoms with van der Waals surface area (Å²) in [5, 5.41) is 9.89. The molecule has 0 saturated heterocycles. The van der Waals surface area contributed by atoms with Crippen LogP contribution in [0.5, 0.6) is 0 Å². The Morgan fingerprint density at radius 3 is 2.76 bits per heavy atom. The van der Waals surface area contributed by atoms with Gasteiger partial charge in [-0.25, -0.2) is 9.18 Å². The number of rotatable bonds is 3.